The molecule has 0 amide bonds. The molecule has 0 saturated heterocycles. The number of aryl methyl sites for hydroxylation is 2. The summed E-state index contributed by atoms with van der Waals surface area (Å²) in [5.41, 5.74) is 7.21. The summed E-state index contributed by atoms with van der Waals surface area (Å²) < 4.78 is 2.38. The Labute approximate surface area is 167 Å². The minimum absolute atomic E-state index is 0.582. The number of rotatable bonds is 5. The van der Waals surface area contributed by atoms with Crippen molar-refractivity contribution in [2.75, 3.05) is 0 Å². The molecular weight excluding hydrogens is 342 g/mol. The highest BCUT2D eigenvalue weighted by Crippen LogP contribution is 2.30. The molecule has 0 spiro atoms. The number of aromatic nitrogens is 1. The number of pyridine rings is 1. The zero-order valence-electron chi connectivity index (χ0n) is 18.5. The van der Waals surface area contributed by atoms with Crippen molar-refractivity contribution in [3.63, 3.8) is 0 Å². The average Bonchev–Trinajstić information content (AvgIpc) is 3.08. The summed E-state index contributed by atoms with van der Waals surface area (Å²) in [5, 5.41) is 1.65. The van der Waals surface area contributed by atoms with E-state index < -0.39 is 8.07 Å². The van der Waals surface area contributed by atoms with Gasteiger partial charge in [0, 0.05) is 16.8 Å². The minimum atomic E-state index is -1.36. The van der Waals surface area contributed by atoms with Gasteiger partial charge in [0.25, 0.3) is 0 Å². The van der Waals surface area contributed by atoms with Crippen LogP contribution in [-0.2, 0) is 13.5 Å². The molecule has 0 bridgehead atoms. The molecule has 0 N–H and O–H groups in total. The van der Waals surface area contributed by atoms with Crippen LogP contribution >= 0.6 is 0 Å². The van der Waals surface area contributed by atoms with Gasteiger partial charge in [0.15, 0.2) is 6.20 Å². The van der Waals surface area contributed by atoms with E-state index in [1.54, 1.807) is 10.8 Å². The summed E-state index contributed by atoms with van der Waals surface area (Å²) in [4.78, 5) is 0. The molecule has 3 rings (SSSR count). The van der Waals surface area contributed by atoms with Crippen molar-refractivity contribution < 1.29 is 4.57 Å². The van der Waals surface area contributed by atoms with Gasteiger partial charge in [0.1, 0.15) is 7.05 Å². The molecule has 146 valence electrons. The zero-order valence-corrected chi connectivity index (χ0v) is 19.5. The average molecular weight is 381 g/mol. The molecule has 27 heavy (non-hydrogen) atoms. The van der Waals surface area contributed by atoms with E-state index in [1.807, 2.05) is 0 Å². The molecular formula is C25H38NSi+. The van der Waals surface area contributed by atoms with E-state index in [0.717, 1.165) is 5.92 Å². The van der Waals surface area contributed by atoms with E-state index in [1.165, 1.54) is 54.5 Å². The molecule has 2 heteroatoms. The van der Waals surface area contributed by atoms with Crippen LogP contribution in [0, 0.1) is 12.8 Å². The van der Waals surface area contributed by atoms with Gasteiger partial charge in [0.2, 0.25) is 5.69 Å². The minimum Gasteiger partial charge on any atom is -0.201 e. The quantitative estimate of drug-likeness (QED) is 0.450. The van der Waals surface area contributed by atoms with Crippen molar-refractivity contribution in [2.45, 2.75) is 78.4 Å². The lowest BCUT2D eigenvalue weighted by atomic mass is 9.94. The van der Waals surface area contributed by atoms with Crippen LogP contribution in [0.15, 0.2) is 30.5 Å². The SMILES string of the molecule is Cc1cc(C(C)C)ccc1-c1cc(CC2CCCC2)c([Si](C)(C)C)c[n+]1C. The summed E-state index contributed by atoms with van der Waals surface area (Å²) in [6.45, 7) is 14.3. The largest absolute Gasteiger partial charge is 0.212 e. The topological polar surface area (TPSA) is 3.88 Å². The van der Waals surface area contributed by atoms with Crippen molar-refractivity contribution in [3.05, 3.63) is 47.2 Å². The van der Waals surface area contributed by atoms with Crippen LogP contribution in [0.1, 0.15) is 62.1 Å². The van der Waals surface area contributed by atoms with Crippen molar-refractivity contribution in [2.24, 2.45) is 13.0 Å². The molecule has 0 aliphatic heterocycles. The van der Waals surface area contributed by atoms with E-state index in [4.69, 9.17) is 0 Å². The van der Waals surface area contributed by atoms with Crippen LogP contribution in [-0.4, -0.2) is 8.07 Å². The van der Waals surface area contributed by atoms with E-state index in [9.17, 15) is 0 Å². The van der Waals surface area contributed by atoms with Gasteiger partial charge in [-0.25, -0.2) is 4.57 Å². The van der Waals surface area contributed by atoms with Crippen molar-refractivity contribution in [1.29, 1.82) is 0 Å². The smallest absolute Gasteiger partial charge is 0.201 e. The van der Waals surface area contributed by atoms with Crippen LogP contribution in [0.4, 0.5) is 0 Å². The van der Waals surface area contributed by atoms with Gasteiger partial charge < -0.3 is 0 Å². The fourth-order valence-electron chi connectivity index (χ4n) is 4.66. The molecule has 1 heterocycles. The molecule has 1 nitrogen and oxygen atoms in total. The normalized spacial score (nSPS) is 15.7. The summed E-state index contributed by atoms with van der Waals surface area (Å²) in [6, 6.07) is 9.57. The molecule has 0 atom stereocenters. The van der Waals surface area contributed by atoms with Crippen LogP contribution in [0.5, 0.6) is 0 Å². The monoisotopic (exact) mass is 380 g/mol. The van der Waals surface area contributed by atoms with Crippen molar-refractivity contribution in [3.8, 4) is 11.3 Å². The van der Waals surface area contributed by atoms with Gasteiger partial charge >= 0.3 is 0 Å². The summed E-state index contributed by atoms with van der Waals surface area (Å²) in [7, 11) is 0.867. The fraction of sp³-hybridized carbons (Fsp3) is 0.560. The predicted octanol–water partition coefficient (Wildman–Crippen LogP) is 5.89. The highest BCUT2D eigenvalue weighted by Gasteiger charge is 2.28. The Balaban J connectivity index is 2.08. The number of hydrogen-bond donors (Lipinski definition) is 0. The number of benzene rings is 1. The third kappa shape index (κ3) is 4.54. The van der Waals surface area contributed by atoms with Gasteiger partial charge in [-0.15, -0.1) is 0 Å². The first-order valence-electron chi connectivity index (χ1n) is 10.8. The third-order valence-electron chi connectivity index (χ3n) is 6.34. The molecule has 1 aliphatic rings. The second kappa shape index (κ2) is 7.91. The Bertz CT molecular complexity index is 808. The Hall–Kier alpha value is -1.41. The molecule has 1 saturated carbocycles. The second-order valence-corrected chi connectivity index (χ2v) is 15.1. The van der Waals surface area contributed by atoms with E-state index in [-0.39, 0.29) is 0 Å². The van der Waals surface area contributed by atoms with E-state index in [2.05, 4.69) is 82.5 Å². The van der Waals surface area contributed by atoms with Crippen molar-refractivity contribution in [1.82, 2.24) is 0 Å². The predicted molar refractivity (Wildman–Crippen MR) is 121 cm³/mol. The van der Waals surface area contributed by atoms with Crippen molar-refractivity contribution >= 4 is 13.3 Å². The van der Waals surface area contributed by atoms with Crippen LogP contribution in [0.2, 0.25) is 19.6 Å². The Morgan fingerprint density at radius 1 is 1.07 bits per heavy atom. The first-order valence-corrected chi connectivity index (χ1v) is 14.3. The van der Waals surface area contributed by atoms with Gasteiger partial charge in [-0.05, 0) is 47.9 Å². The lowest BCUT2D eigenvalue weighted by Gasteiger charge is -2.22. The maximum Gasteiger partial charge on any atom is 0.212 e. The molecule has 1 fully saturated rings. The summed E-state index contributed by atoms with van der Waals surface area (Å²) in [6.07, 6.45) is 9.43. The van der Waals surface area contributed by atoms with Gasteiger partial charge in [0.05, 0.1) is 8.07 Å². The molecule has 0 radical (unpaired) electrons. The number of nitrogens with zero attached hydrogens (tertiary/aromatic N) is 1. The summed E-state index contributed by atoms with van der Waals surface area (Å²) in [5.74, 6) is 1.48. The molecule has 1 aromatic carbocycles. The molecule has 0 unspecified atom stereocenters. The van der Waals surface area contributed by atoms with Gasteiger partial charge in [-0.1, -0.05) is 71.3 Å². The van der Waals surface area contributed by atoms with Crippen LogP contribution < -0.4 is 9.75 Å². The standard InChI is InChI=1S/C25H38NSi/c1-18(2)21-12-13-23(19(3)14-21)24-16-22(15-20-10-8-9-11-20)25(17-26(24)4)27(5,6)7/h12-14,16-18,20H,8-11,15H2,1-7H3/q+1. The van der Waals surface area contributed by atoms with Gasteiger partial charge in [-0.3, -0.25) is 0 Å². The molecule has 1 aliphatic carbocycles. The van der Waals surface area contributed by atoms with Crippen LogP contribution in [0.3, 0.4) is 0 Å². The Morgan fingerprint density at radius 3 is 2.30 bits per heavy atom. The Morgan fingerprint density at radius 2 is 1.74 bits per heavy atom. The third-order valence-corrected chi connectivity index (χ3v) is 8.41. The molecule has 1 aromatic heterocycles. The highest BCUT2D eigenvalue weighted by atomic mass is 28.3. The maximum atomic E-state index is 2.53. The first-order chi connectivity index (χ1) is 12.7. The van der Waals surface area contributed by atoms with Crippen LogP contribution in [0.25, 0.3) is 11.3 Å². The van der Waals surface area contributed by atoms with Gasteiger partial charge in [-0.2, -0.15) is 0 Å². The highest BCUT2D eigenvalue weighted by molar-refractivity contribution is 6.88. The fourth-order valence-corrected chi connectivity index (χ4v) is 6.38. The lowest BCUT2D eigenvalue weighted by molar-refractivity contribution is -0.659. The summed E-state index contributed by atoms with van der Waals surface area (Å²) >= 11 is 0. The Kier molecular flexibility index (Phi) is 5.95. The second-order valence-electron chi connectivity index (χ2n) is 10.0. The zero-order chi connectivity index (χ0) is 19.8. The first kappa shape index (κ1) is 20.3. The lowest BCUT2D eigenvalue weighted by Crippen LogP contribution is -2.47. The number of hydrogen-bond acceptors (Lipinski definition) is 0. The van der Waals surface area contributed by atoms with E-state index in [0.29, 0.717) is 5.92 Å². The van der Waals surface area contributed by atoms with E-state index >= 15 is 0 Å². The maximum absolute atomic E-state index is 2.53. The molecule has 2 aromatic rings.